The molecule has 4 nitrogen and oxygen atoms in total. The summed E-state index contributed by atoms with van der Waals surface area (Å²) in [5, 5.41) is 8.82. The quantitative estimate of drug-likeness (QED) is 0.0390. The molecule has 1 N–H and O–H groups in total. The molecule has 0 saturated heterocycles. The van der Waals surface area contributed by atoms with Crippen molar-refractivity contribution in [1.82, 2.24) is 0 Å². The first-order valence-corrected chi connectivity index (χ1v) is 21.9. The first kappa shape index (κ1) is 49.4. The van der Waals surface area contributed by atoms with E-state index in [2.05, 4.69) is 86.8 Å². The van der Waals surface area contributed by atoms with E-state index in [-0.39, 0.29) is 18.5 Å². The van der Waals surface area contributed by atoms with Crippen molar-refractivity contribution in [3.05, 3.63) is 72.9 Å². The number of carboxylic acids is 1. The molecule has 4 heteroatoms. The smallest absolute Gasteiger partial charge is 0.306 e. The topological polar surface area (TPSA) is 63.6 Å². The fourth-order valence-electron chi connectivity index (χ4n) is 6.18. The summed E-state index contributed by atoms with van der Waals surface area (Å²) in [6.45, 7) is 4.42. The van der Waals surface area contributed by atoms with Crippen molar-refractivity contribution in [2.24, 2.45) is 0 Å². The van der Waals surface area contributed by atoms with E-state index in [1.165, 1.54) is 103 Å². The maximum atomic E-state index is 12.7. The number of esters is 1. The van der Waals surface area contributed by atoms with Crippen LogP contribution in [0.4, 0.5) is 0 Å². The summed E-state index contributed by atoms with van der Waals surface area (Å²) in [7, 11) is 0. The Morgan fingerprint density at radius 1 is 0.462 bits per heavy atom. The highest BCUT2D eigenvalue weighted by Crippen LogP contribution is 2.16. The highest BCUT2D eigenvalue weighted by molar-refractivity contribution is 5.69. The number of unbranched alkanes of at least 4 members (excludes halogenated alkanes) is 20. The maximum Gasteiger partial charge on any atom is 0.306 e. The molecule has 0 radical (unpaired) electrons. The van der Waals surface area contributed by atoms with E-state index in [0.29, 0.717) is 6.42 Å². The minimum Gasteiger partial charge on any atom is -0.481 e. The number of aliphatic carboxylic acids is 1. The summed E-state index contributed by atoms with van der Waals surface area (Å²) in [6.07, 6.45) is 60.9. The molecule has 0 saturated carbocycles. The van der Waals surface area contributed by atoms with E-state index in [1.54, 1.807) is 0 Å². The van der Waals surface area contributed by atoms with Gasteiger partial charge in [-0.05, 0) is 89.5 Å². The third-order valence-electron chi connectivity index (χ3n) is 9.40. The second-order valence-corrected chi connectivity index (χ2v) is 14.5. The Morgan fingerprint density at radius 3 is 1.37 bits per heavy atom. The molecule has 0 aromatic carbocycles. The van der Waals surface area contributed by atoms with Crippen LogP contribution in [-0.2, 0) is 14.3 Å². The van der Waals surface area contributed by atoms with Gasteiger partial charge in [0, 0.05) is 12.8 Å². The lowest BCUT2D eigenvalue weighted by Gasteiger charge is -2.14. The lowest BCUT2D eigenvalue weighted by Crippen LogP contribution is -2.16. The van der Waals surface area contributed by atoms with Gasteiger partial charge >= 0.3 is 11.9 Å². The number of carbonyl (C=O) groups excluding carboxylic acids is 1. The number of allylic oxidation sites excluding steroid dienone is 11. The Morgan fingerprint density at radius 2 is 0.865 bits per heavy atom. The molecule has 1 unspecified atom stereocenters. The molecule has 298 valence electrons. The summed E-state index contributed by atoms with van der Waals surface area (Å²) in [5.74, 6) is -0.797. The zero-order valence-corrected chi connectivity index (χ0v) is 34.1. The Labute approximate surface area is 322 Å². The lowest BCUT2D eigenvalue weighted by molar-refractivity contribution is -0.147. The van der Waals surface area contributed by atoms with E-state index >= 15 is 0 Å². The van der Waals surface area contributed by atoms with Gasteiger partial charge in [0.15, 0.2) is 0 Å². The molecule has 0 heterocycles. The number of hydrogen-bond acceptors (Lipinski definition) is 3. The van der Waals surface area contributed by atoms with E-state index < -0.39 is 5.97 Å². The van der Waals surface area contributed by atoms with Crippen molar-refractivity contribution in [2.75, 3.05) is 0 Å². The number of carbonyl (C=O) groups is 2. The van der Waals surface area contributed by atoms with Gasteiger partial charge in [0.25, 0.3) is 0 Å². The van der Waals surface area contributed by atoms with Crippen LogP contribution in [0.2, 0.25) is 0 Å². The van der Waals surface area contributed by atoms with Crippen molar-refractivity contribution in [1.29, 1.82) is 0 Å². The van der Waals surface area contributed by atoms with Gasteiger partial charge in [-0.3, -0.25) is 9.59 Å². The van der Waals surface area contributed by atoms with Crippen LogP contribution in [0.5, 0.6) is 0 Å². The zero-order chi connectivity index (χ0) is 37.8. The van der Waals surface area contributed by atoms with Crippen molar-refractivity contribution >= 4 is 11.9 Å². The molecular formula is C48H82O4. The van der Waals surface area contributed by atoms with E-state index in [1.807, 2.05) is 0 Å². The van der Waals surface area contributed by atoms with Gasteiger partial charge in [-0.1, -0.05) is 183 Å². The number of carboxylic acid groups (broad SMARTS) is 1. The molecule has 0 aromatic rings. The first-order valence-electron chi connectivity index (χ1n) is 21.9. The molecule has 1 atom stereocenters. The van der Waals surface area contributed by atoms with E-state index in [4.69, 9.17) is 9.84 Å². The Balaban J connectivity index is 4.00. The lowest BCUT2D eigenvalue weighted by atomic mass is 10.0. The van der Waals surface area contributed by atoms with Crippen LogP contribution in [-0.4, -0.2) is 23.1 Å². The molecule has 0 aliphatic heterocycles. The molecule has 0 bridgehead atoms. The fourth-order valence-corrected chi connectivity index (χ4v) is 6.18. The number of ether oxygens (including phenoxy) is 1. The number of hydrogen-bond donors (Lipinski definition) is 1. The van der Waals surface area contributed by atoms with E-state index in [0.717, 1.165) is 83.5 Å². The summed E-state index contributed by atoms with van der Waals surface area (Å²) >= 11 is 0. The van der Waals surface area contributed by atoms with Crippen LogP contribution in [0.25, 0.3) is 0 Å². The standard InChI is InChI=1S/C48H82O4/c1-3-5-7-9-11-13-15-16-17-18-19-20-21-22-23-24-25-26-28-30-32-37-41-45-48(51)52-46(43-39-35-33-36-40-44-47(49)50)42-38-34-31-29-27-14-12-10-8-6-4-2/h6,8,12,14-16,18-19,29,31,38,42,46H,3-5,7,9-11,13,17,20-28,30,32-37,39-41,43-45H2,1-2H3,(H,49,50)/b8-6-,14-12-,16-15-,19-18-,31-29-,42-38-. The van der Waals surface area contributed by atoms with Crippen LogP contribution in [0.1, 0.15) is 213 Å². The van der Waals surface area contributed by atoms with Crippen LogP contribution in [0.15, 0.2) is 72.9 Å². The van der Waals surface area contributed by atoms with Gasteiger partial charge in [0.2, 0.25) is 0 Å². The average molecular weight is 723 g/mol. The van der Waals surface area contributed by atoms with Gasteiger partial charge in [0.1, 0.15) is 6.10 Å². The monoisotopic (exact) mass is 723 g/mol. The van der Waals surface area contributed by atoms with Gasteiger partial charge in [-0.15, -0.1) is 0 Å². The van der Waals surface area contributed by atoms with Gasteiger partial charge in [0.05, 0.1) is 0 Å². The van der Waals surface area contributed by atoms with Crippen molar-refractivity contribution in [2.45, 2.75) is 219 Å². The predicted octanol–water partition coefficient (Wildman–Crippen LogP) is 15.5. The molecule has 0 amide bonds. The molecule has 0 aliphatic carbocycles. The highest BCUT2D eigenvalue weighted by atomic mass is 16.5. The SMILES string of the molecule is CC/C=C\C/C=C\C/C=C\C/C=C\C(CCCCCCCC(=O)O)OC(=O)CCCCCCCCCCCCC/C=C\C/C=C\CCCCCCC. The average Bonchev–Trinajstić information content (AvgIpc) is 3.13. The van der Waals surface area contributed by atoms with Crippen molar-refractivity contribution in [3.63, 3.8) is 0 Å². The van der Waals surface area contributed by atoms with E-state index in [9.17, 15) is 9.59 Å². The van der Waals surface area contributed by atoms with Crippen molar-refractivity contribution < 1.29 is 19.4 Å². The molecule has 0 aliphatic rings. The van der Waals surface area contributed by atoms with Gasteiger partial charge in [-0.2, -0.15) is 0 Å². The molecule has 52 heavy (non-hydrogen) atoms. The third kappa shape index (κ3) is 41.8. The largest absolute Gasteiger partial charge is 0.481 e. The Kier molecular flexibility index (Phi) is 40.6. The van der Waals surface area contributed by atoms with Gasteiger partial charge in [-0.25, -0.2) is 0 Å². The predicted molar refractivity (Wildman–Crippen MR) is 227 cm³/mol. The number of rotatable bonds is 39. The minimum atomic E-state index is -0.718. The zero-order valence-electron chi connectivity index (χ0n) is 34.1. The summed E-state index contributed by atoms with van der Waals surface area (Å²) in [4.78, 5) is 23.4. The van der Waals surface area contributed by atoms with Crippen LogP contribution >= 0.6 is 0 Å². The molecule has 0 fully saturated rings. The summed E-state index contributed by atoms with van der Waals surface area (Å²) < 4.78 is 5.90. The minimum absolute atomic E-state index is 0.0789. The first-order chi connectivity index (χ1) is 25.6. The van der Waals surface area contributed by atoms with Crippen LogP contribution in [0.3, 0.4) is 0 Å². The molecule has 0 rings (SSSR count). The summed E-state index contributed by atoms with van der Waals surface area (Å²) in [5.41, 5.74) is 0. The second-order valence-electron chi connectivity index (χ2n) is 14.5. The normalized spacial score (nSPS) is 13.0. The summed E-state index contributed by atoms with van der Waals surface area (Å²) in [6, 6.07) is 0. The van der Waals surface area contributed by atoms with Gasteiger partial charge < -0.3 is 9.84 Å². The Bertz CT molecular complexity index is 953. The highest BCUT2D eigenvalue weighted by Gasteiger charge is 2.11. The second kappa shape index (κ2) is 42.8. The molecule has 0 spiro atoms. The Hall–Kier alpha value is -2.62. The maximum absolute atomic E-state index is 12.7. The molecular weight excluding hydrogens is 641 g/mol. The molecule has 0 aromatic heterocycles. The van der Waals surface area contributed by atoms with Crippen LogP contribution < -0.4 is 0 Å². The van der Waals surface area contributed by atoms with Crippen molar-refractivity contribution in [3.8, 4) is 0 Å². The van der Waals surface area contributed by atoms with Crippen LogP contribution in [0, 0.1) is 0 Å². The third-order valence-corrected chi connectivity index (χ3v) is 9.40. The fraction of sp³-hybridized carbons (Fsp3) is 0.708.